The Balaban J connectivity index is 1.98. The first-order valence-electron chi connectivity index (χ1n) is 7.14. The summed E-state index contributed by atoms with van der Waals surface area (Å²) in [7, 11) is 0. The Morgan fingerprint density at radius 1 is 1.00 bits per heavy atom. The van der Waals surface area contributed by atoms with Crippen molar-refractivity contribution in [1.82, 2.24) is 0 Å². The Hall–Kier alpha value is -1.80. The Morgan fingerprint density at radius 2 is 1.70 bits per heavy atom. The molecule has 0 spiro atoms. The normalized spacial score (nSPS) is 12.2. The summed E-state index contributed by atoms with van der Waals surface area (Å²) in [6.07, 6.45) is 0.947. The first-order chi connectivity index (χ1) is 9.60. The predicted octanol–water partition coefficient (Wildman–Crippen LogP) is 4.29. The summed E-state index contributed by atoms with van der Waals surface area (Å²) in [6, 6.07) is 14.6. The predicted molar refractivity (Wildman–Crippen MR) is 83.9 cm³/mol. The summed E-state index contributed by atoms with van der Waals surface area (Å²) < 4.78 is 5.81. The van der Waals surface area contributed by atoms with E-state index in [4.69, 9.17) is 10.5 Å². The highest BCUT2D eigenvalue weighted by molar-refractivity contribution is 5.31. The summed E-state index contributed by atoms with van der Waals surface area (Å²) >= 11 is 0. The molecule has 2 rings (SSSR count). The van der Waals surface area contributed by atoms with E-state index in [0.29, 0.717) is 6.61 Å². The maximum absolute atomic E-state index is 6.00. The summed E-state index contributed by atoms with van der Waals surface area (Å²) in [5, 5.41) is 0. The fourth-order valence-corrected chi connectivity index (χ4v) is 2.11. The first kappa shape index (κ1) is 14.6. The molecule has 0 aliphatic rings. The van der Waals surface area contributed by atoms with Gasteiger partial charge in [0.2, 0.25) is 0 Å². The van der Waals surface area contributed by atoms with Crippen molar-refractivity contribution in [3.05, 3.63) is 64.7 Å². The number of hydrogen-bond acceptors (Lipinski definition) is 2. The van der Waals surface area contributed by atoms with Gasteiger partial charge in [-0.15, -0.1) is 0 Å². The maximum atomic E-state index is 6.00. The van der Waals surface area contributed by atoms with Crippen LogP contribution in [0.25, 0.3) is 0 Å². The maximum Gasteiger partial charge on any atom is 0.119 e. The van der Waals surface area contributed by atoms with Gasteiger partial charge >= 0.3 is 0 Å². The Morgan fingerprint density at radius 3 is 2.30 bits per heavy atom. The number of rotatable bonds is 5. The molecule has 0 heterocycles. The van der Waals surface area contributed by atoms with Crippen molar-refractivity contribution >= 4 is 0 Å². The van der Waals surface area contributed by atoms with Gasteiger partial charge in [0.15, 0.2) is 0 Å². The van der Waals surface area contributed by atoms with Gasteiger partial charge in [0.25, 0.3) is 0 Å². The summed E-state index contributed by atoms with van der Waals surface area (Å²) in [4.78, 5) is 0. The number of hydrogen-bond donors (Lipinski definition) is 1. The average molecular weight is 269 g/mol. The van der Waals surface area contributed by atoms with Crippen LogP contribution >= 0.6 is 0 Å². The highest BCUT2D eigenvalue weighted by Crippen LogP contribution is 2.19. The van der Waals surface area contributed by atoms with Crippen LogP contribution in [0.3, 0.4) is 0 Å². The smallest absolute Gasteiger partial charge is 0.119 e. The van der Waals surface area contributed by atoms with Crippen LogP contribution in [0.5, 0.6) is 5.75 Å². The van der Waals surface area contributed by atoms with E-state index in [-0.39, 0.29) is 6.04 Å². The van der Waals surface area contributed by atoms with Gasteiger partial charge < -0.3 is 10.5 Å². The van der Waals surface area contributed by atoms with E-state index >= 15 is 0 Å². The second-order valence-corrected chi connectivity index (χ2v) is 5.29. The second-order valence-electron chi connectivity index (χ2n) is 5.29. The molecule has 20 heavy (non-hydrogen) atoms. The van der Waals surface area contributed by atoms with E-state index in [2.05, 4.69) is 39.0 Å². The van der Waals surface area contributed by atoms with Crippen LogP contribution in [0, 0.1) is 13.8 Å². The van der Waals surface area contributed by atoms with Gasteiger partial charge in [-0.1, -0.05) is 37.3 Å². The van der Waals surface area contributed by atoms with Crippen molar-refractivity contribution < 1.29 is 4.74 Å². The summed E-state index contributed by atoms with van der Waals surface area (Å²) in [6.45, 7) is 6.94. The molecule has 0 saturated heterocycles. The van der Waals surface area contributed by atoms with E-state index in [1.807, 2.05) is 24.3 Å². The molecule has 0 aliphatic carbocycles. The first-order valence-corrected chi connectivity index (χ1v) is 7.14. The lowest BCUT2D eigenvalue weighted by molar-refractivity contribution is 0.306. The number of benzene rings is 2. The van der Waals surface area contributed by atoms with Crippen molar-refractivity contribution in [3.8, 4) is 5.75 Å². The molecule has 0 bridgehead atoms. The lowest BCUT2D eigenvalue weighted by Gasteiger charge is -2.11. The van der Waals surface area contributed by atoms with Gasteiger partial charge in [-0.25, -0.2) is 0 Å². The van der Waals surface area contributed by atoms with E-state index in [1.54, 1.807) is 0 Å². The van der Waals surface area contributed by atoms with E-state index in [0.717, 1.165) is 17.7 Å². The largest absolute Gasteiger partial charge is 0.489 e. The molecule has 0 aromatic heterocycles. The van der Waals surface area contributed by atoms with Gasteiger partial charge in [-0.05, 0) is 54.7 Å². The molecule has 0 aliphatic heterocycles. The van der Waals surface area contributed by atoms with E-state index < -0.39 is 0 Å². The molecule has 0 saturated carbocycles. The van der Waals surface area contributed by atoms with Crippen LogP contribution in [-0.4, -0.2) is 0 Å². The molecule has 0 fully saturated rings. The Kier molecular flexibility index (Phi) is 4.80. The summed E-state index contributed by atoms with van der Waals surface area (Å²) in [5.41, 5.74) is 11.0. The topological polar surface area (TPSA) is 35.2 Å². The van der Waals surface area contributed by atoms with Crippen LogP contribution in [0.4, 0.5) is 0 Å². The van der Waals surface area contributed by atoms with Crippen molar-refractivity contribution in [1.29, 1.82) is 0 Å². The van der Waals surface area contributed by atoms with Gasteiger partial charge in [0, 0.05) is 6.04 Å². The fraction of sp³-hybridized carbons (Fsp3) is 0.333. The number of aryl methyl sites for hydroxylation is 2. The molecule has 1 atom stereocenters. The molecule has 2 heteroatoms. The minimum atomic E-state index is 0.115. The van der Waals surface area contributed by atoms with Crippen molar-refractivity contribution in [2.45, 2.75) is 39.8 Å². The van der Waals surface area contributed by atoms with Gasteiger partial charge in [0.1, 0.15) is 12.4 Å². The molecular weight excluding hydrogens is 246 g/mol. The fourth-order valence-electron chi connectivity index (χ4n) is 2.11. The average Bonchev–Trinajstić information content (AvgIpc) is 2.48. The highest BCUT2D eigenvalue weighted by Gasteiger charge is 2.03. The zero-order valence-electron chi connectivity index (χ0n) is 12.5. The van der Waals surface area contributed by atoms with Crippen LogP contribution in [0.15, 0.2) is 42.5 Å². The number of ether oxygens (including phenoxy) is 1. The summed E-state index contributed by atoms with van der Waals surface area (Å²) in [5.74, 6) is 0.885. The third-order valence-corrected chi connectivity index (χ3v) is 3.72. The second kappa shape index (κ2) is 6.58. The number of nitrogens with two attached hydrogens (primary N) is 1. The standard InChI is InChI=1S/C18H23NO/c1-4-18(19)16-7-9-17(10-8-16)20-12-15-6-5-13(2)14(3)11-15/h5-11,18H,4,12,19H2,1-3H3/t18-/m0/s1. The SMILES string of the molecule is CC[C@H](N)c1ccc(OCc2ccc(C)c(C)c2)cc1. The molecule has 2 aromatic rings. The van der Waals surface area contributed by atoms with E-state index in [9.17, 15) is 0 Å². The highest BCUT2D eigenvalue weighted by atomic mass is 16.5. The minimum Gasteiger partial charge on any atom is -0.489 e. The van der Waals surface area contributed by atoms with Crippen LogP contribution in [0.1, 0.15) is 41.6 Å². The van der Waals surface area contributed by atoms with Crippen molar-refractivity contribution in [2.24, 2.45) is 5.73 Å². The molecule has 0 amide bonds. The monoisotopic (exact) mass is 269 g/mol. The third kappa shape index (κ3) is 3.61. The van der Waals surface area contributed by atoms with E-state index in [1.165, 1.54) is 16.7 Å². The molecule has 106 valence electrons. The Labute approximate surface area is 121 Å². The molecule has 2 N–H and O–H groups in total. The van der Waals surface area contributed by atoms with Gasteiger partial charge in [0.05, 0.1) is 0 Å². The minimum absolute atomic E-state index is 0.115. The van der Waals surface area contributed by atoms with Crippen LogP contribution in [0.2, 0.25) is 0 Å². The lowest BCUT2D eigenvalue weighted by Crippen LogP contribution is -2.08. The molecule has 2 aromatic carbocycles. The molecule has 2 nitrogen and oxygen atoms in total. The zero-order valence-corrected chi connectivity index (χ0v) is 12.5. The van der Waals surface area contributed by atoms with Crippen LogP contribution in [-0.2, 0) is 6.61 Å². The van der Waals surface area contributed by atoms with Crippen molar-refractivity contribution in [3.63, 3.8) is 0 Å². The third-order valence-electron chi connectivity index (χ3n) is 3.72. The van der Waals surface area contributed by atoms with Crippen molar-refractivity contribution in [2.75, 3.05) is 0 Å². The quantitative estimate of drug-likeness (QED) is 0.878. The lowest BCUT2D eigenvalue weighted by atomic mass is 10.1. The van der Waals surface area contributed by atoms with Crippen LogP contribution < -0.4 is 10.5 Å². The molecule has 0 unspecified atom stereocenters. The van der Waals surface area contributed by atoms with Gasteiger partial charge in [-0.3, -0.25) is 0 Å². The zero-order chi connectivity index (χ0) is 14.5. The molecular formula is C18H23NO. The Bertz CT molecular complexity index is 560. The molecule has 0 radical (unpaired) electrons. The van der Waals surface area contributed by atoms with Gasteiger partial charge in [-0.2, -0.15) is 0 Å².